The molecule has 2 aromatic rings. The maximum atomic E-state index is 11.1. The fraction of sp³-hybridized carbons (Fsp3) is 0.100. The van der Waals surface area contributed by atoms with Crippen LogP contribution in [0.25, 0.3) is 10.9 Å². The topological polar surface area (TPSA) is 62.0 Å². The van der Waals surface area contributed by atoms with E-state index in [1.54, 1.807) is 6.07 Å². The minimum absolute atomic E-state index is 0.212. The standard InChI is InChI=1S/C10H10N2O/c1-6-4-10(13)12-9-5-7(11)2-3-8(6)9/h2-5H,11H2,1H3,(H,12,13)/p-1. The molecule has 1 aromatic carbocycles. The summed E-state index contributed by atoms with van der Waals surface area (Å²) in [6.45, 7) is 1.89. The average molecular weight is 173 g/mol. The van der Waals surface area contributed by atoms with Gasteiger partial charge in [-0.05, 0) is 36.6 Å². The number of nitrogen functional groups attached to an aromatic ring is 1. The normalized spacial score (nSPS) is 10.5. The lowest BCUT2D eigenvalue weighted by atomic mass is 10.1. The van der Waals surface area contributed by atoms with Crippen LogP contribution in [0, 0.1) is 6.92 Å². The third-order valence-corrected chi connectivity index (χ3v) is 2.02. The summed E-state index contributed by atoms with van der Waals surface area (Å²) >= 11 is 0. The van der Waals surface area contributed by atoms with Crippen LogP contribution in [0.1, 0.15) is 5.56 Å². The van der Waals surface area contributed by atoms with Gasteiger partial charge in [-0.3, -0.25) is 4.98 Å². The first-order chi connectivity index (χ1) is 6.16. The first-order valence-corrected chi connectivity index (χ1v) is 4.01. The first-order valence-electron chi connectivity index (χ1n) is 4.01. The molecule has 0 bridgehead atoms. The van der Waals surface area contributed by atoms with Crippen LogP contribution >= 0.6 is 0 Å². The van der Waals surface area contributed by atoms with Crippen molar-refractivity contribution in [2.45, 2.75) is 6.92 Å². The van der Waals surface area contributed by atoms with Crippen LogP contribution in [0.5, 0.6) is 5.88 Å². The smallest absolute Gasteiger partial charge is 0.0717 e. The van der Waals surface area contributed by atoms with Crippen LogP contribution in [-0.2, 0) is 0 Å². The van der Waals surface area contributed by atoms with Crippen LogP contribution in [0.3, 0.4) is 0 Å². The van der Waals surface area contributed by atoms with Crippen molar-refractivity contribution in [2.24, 2.45) is 0 Å². The van der Waals surface area contributed by atoms with Crippen LogP contribution in [0.15, 0.2) is 24.3 Å². The number of nitrogens with zero attached hydrogens (tertiary/aromatic N) is 1. The highest BCUT2D eigenvalue weighted by molar-refractivity contribution is 5.85. The van der Waals surface area contributed by atoms with Gasteiger partial charge >= 0.3 is 0 Å². The van der Waals surface area contributed by atoms with Crippen molar-refractivity contribution in [3.05, 3.63) is 29.8 Å². The van der Waals surface area contributed by atoms with E-state index in [4.69, 9.17) is 5.73 Å². The van der Waals surface area contributed by atoms with E-state index < -0.39 is 0 Å². The van der Waals surface area contributed by atoms with Gasteiger partial charge in [0.15, 0.2) is 0 Å². The number of benzene rings is 1. The van der Waals surface area contributed by atoms with Crippen molar-refractivity contribution in [3.63, 3.8) is 0 Å². The van der Waals surface area contributed by atoms with Crippen LogP contribution in [0.2, 0.25) is 0 Å². The predicted octanol–water partition coefficient (Wildman–Crippen LogP) is 1.20. The van der Waals surface area contributed by atoms with Crippen LogP contribution in [0.4, 0.5) is 5.69 Å². The van der Waals surface area contributed by atoms with Crippen molar-refractivity contribution >= 4 is 16.6 Å². The Kier molecular flexibility index (Phi) is 1.59. The lowest BCUT2D eigenvalue weighted by Gasteiger charge is -2.08. The third kappa shape index (κ3) is 1.28. The molecule has 3 heteroatoms. The predicted molar refractivity (Wildman–Crippen MR) is 50.3 cm³/mol. The molecule has 0 amide bonds. The Bertz CT molecular complexity index is 460. The zero-order chi connectivity index (χ0) is 9.42. The fourth-order valence-electron chi connectivity index (χ4n) is 1.39. The molecular formula is C10H9N2O-. The van der Waals surface area contributed by atoms with Gasteiger partial charge in [-0.15, -0.1) is 0 Å². The molecule has 0 fully saturated rings. The molecule has 0 saturated carbocycles. The molecule has 2 rings (SSSR count). The Morgan fingerprint density at radius 1 is 1.31 bits per heavy atom. The molecule has 2 N–H and O–H groups in total. The number of anilines is 1. The molecule has 0 spiro atoms. The van der Waals surface area contributed by atoms with Gasteiger partial charge in [-0.2, -0.15) is 0 Å². The van der Waals surface area contributed by atoms with Gasteiger partial charge in [-0.1, -0.05) is 6.07 Å². The summed E-state index contributed by atoms with van der Waals surface area (Å²) in [4.78, 5) is 3.86. The highest BCUT2D eigenvalue weighted by atomic mass is 16.3. The Balaban J connectivity index is 2.86. The van der Waals surface area contributed by atoms with Gasteiger partial charge in [0.05, 0.1) is 5.52 Å². The van der Waals surface area contributed by atoms with E-state index in [1.165, 1.54) is 6.07 Å². The van der Waals surface area contributed by atoms with Gasteiger partial charge < -0.3 is 10.8 Å². The van der Waals surface area contributed by atoms with Crippen LogP contribution < -0.4 is 10.8 Å². The van der Waals surface area contributed by atoms with E-state index in [0.29, 0.717) is 11.2 Å². The van der Waals surface area contributed by atoms with E-state index in [9.17, 15) is 5.11 Å². The Morgan fingerprint density at radius 3 is 2.85 bits per heavy atom. The van der Waals surface area contributed by atoms with Crippen molar-refractivity contribution < 1.29 is 5.11 Å². The van der Waals surface area contributed by atoms with Gasteiger partial charge in [0.25, 0.3) is 0 Å². The second-order valence-electron chi connectivity index (χ2n) is 3.05. The number of hydrogen-bond acceptors (Lipinski definition) is 3. The molecule has 0 saturated heterocycles. The molecule has 66 valence electrons. The van der Waals surface area contributed by atoms with Gasteiger partial charge in [0.2, 0.25) is 0 Å². The second kappa shape index (κ2) is 2.62. The molecule has 0 atom stereocenters. The largest absolute Gasteiger partial charge is 0.859 e. The highest BCUT2D eigenvalue weighted by Gasteiger charge is 1.98. The summed E-state index contributed by atoms with van der Waals surface area (Å²) in [5.74, 6) is -0.212. The van der Waals surface area contributed by atoms with E-state index in [1.807, 2.05) is 19.1 Å². The number of hydrogen-bond donors (Lipinski definition) is 1. The minimum Gasteiger partial charge on any atom is -0.859 e. The van der Waals surface area contributed by atoms with Crippen molar-refractivity contribution in [2.75, 3.05) is 5.73 Å². The first kappa shape index (κ1) is 7.86. The lowest BCUT2D eigenvalue weighted by Crippen LogP contribution is -1.96. The van der Waals surface area contributed by atoms with Crippen molar-refractivity contribution in [1.29, 1.82) is 0 Å². The molecule has 0 aliphatic carbocycles. The number of aryl methyl sites for hydroxylation is 1. The van der Waals surface area contributed by atoms with Gasteiger partial charge in [0, 0.05) is 11.1 Å². The molecule has 0 radical (unpaired) electrons. The van der Waals surface area contributed by atoms with Crippen LogP contribution in [-0.4, -0.2) is 4.98 Å². The summed E-state index contributed by atoms with van der Waals surface area (Å²) < 4.78 is 0. The molecular weight excluding hydrogens is 164 g/mol. The molecule has 0 aliphatic rings. The Hall–Kier alpha value is -1.77. The van der Waals surface area contributed by atoms with E-state index >= 15 is 0 Å². The van der Waals surface area contributed by atoms with E-state index in [2.05, 4.69) is 4.98 Å². The Morgan fingerprint density at radius 2 is 2.08 bits per heavy atom. The summed E-state index contributed by atoms with van der Waals surface area (Å²) in [6.07, 6.45) is 0. The number of aromatic nitrogens is 1. The van der Waals surface area contributed by atoms with E-state index in [0.717, 1.165) is 10.9 Å². The number of nitrogens with two attached hydrogens (primary N) is 1. The molecule has 3 nitrogen and oxygen atoms in total. The van der Waals surface area contributed by atoms with Gasteiger partial charge in [0.1, 0.15) is 0 Å². The maximum absolute atomic E-state index is 11.1. The quantitative estimate of drug-likeness (QED) is 0.609. The van der Waals surface area contributed by atoms with Crippen molar-refractivity contribution in [1.82, 2.24) is 4.98 Å². The number of fused-ring (bicyclic) bond motifs is 1. The zero-order valence-corrected chi connectivity index (χ0v) is 7.24. The van der Waals surface area contributed by atoms with Gasteiger partial charge in [-0.25, -0.2) is 0 Å². The molecule has 1 aromatic heterocycles. The summed E-state index contributed by atoms with van der Waals surface area (Å²) in [5.41, 5.74) is 7.82. The average Bonchev–Trinajstić information content (AvgIpc) is 2.02. The van der Waals surface area contributed by atoms with E-state index in [-0.39, 0.29) is 5.88 Å². The SMILES string of the molecule is Cc1cc([O-])nc2cc(N)ccc12. The highest BCUT2D eigenvalue weighted by Crippen LogP contribution is 2.21. The number of rotatable bonds is 0. The number of pyridine rings is 1. The van der Waals surface area contributed by atoms with Crippen molar-refractivity contribution in [3.8, 4) is 5.88 Å². The molecule has 0 unspecified atom stereocenters. The fourth-order valence-corrected chi connectivity index (χ4v) is 1.39. The second-order valence-corrected chi connectivity index (χ2v) is 3.05. The minimum atomic E-state index is -0.212. The zero-order valence-electron chi connectivity index (χ0n) is 7.24. The molecule has 0 aliphatic heterocycles. The summed E-state index contributed by atoms with van der Waals surface area (Å²) in [6, 6.07) is 6.93. The Labute approximate surface area is 75.8 Å². The summed E-state index contributed by atoms with van der Waals surface area (Å²) in [7, 11) is 0. The lowest BCUT2D eigenvalue weighted by molar-refractivity contribution is -0.274. The maximum Gasteiger partial charge on any atom is 0.0717 e. The third-order valence-electron chi connectivity index (χ3n) is 2.02. The summed E-state index contributed by atoms with van der Waals surface area (Å²) in [5, 5.41) is 12.0. The molecule has 1 heterocycles. The monoisotopic (exact) mass is 173 g/mol. The molecule has 13 heavy (non-hydrogen) atoms.